The first-order valence-electron chi connectivity index (χ1n) is 8.07. The molecule has 7 nitrogen and oxygen atoms in total. The van der Waals surface area contributed by atoms with Gasteiger partial charge in [-0.2, -0.15) is 0 Å². The SMILES string of the molecule is CC(NC(=O)C1(NC(=O)NCc2ccccc2)CCCC1)C(=O)O. The largest absolute Gasteiger partial charge is 0.480 e. The second-order valence-corrected chi connectivity index (χ2v) is 6.12. The van der Waals surface area contributed by atoms with Crippen molar-refractivity contribution in [3.63, 3.8) is 0 Å². The van der Waals surface area contributed by atoms with E-state index in [-0.39, 0.29) is 0 Å². The van der Waals surface area contributed by atoms with Crippen LogP contribution in [0.15, 0.2) is 30.3 Å². The van der Waals surface area contributed by atoms with Crippen LogP contribution in [0, 0.1) is 0 Å². The van der Waals surface area contributed by atoms with Crippen LogP contribution in [-0.2, 0) is 16.1 Å². The molecule has 4 N–H and O–H groups in total. The summed E-state index contributed by atoms with van der Waals surface area (Å²) < 4.78 is 0. The third-order valence-corrected chi connectivity index (χ3v) is 4.26. The number of benzene rings is 1. The number of hydrogen-bond acceptors (Lipinski definition) is 3. The molecule has 1 saturated carbocycles. The standard InChI is InChI=1S/C17H23N3O4/c1-12(14(21)22)19-15(23)17(9-5-6-10-17)20-16(24)18-11-13-7-3-2-4-8-13/h2-4,7-8,12H,5-6,9-11H2,1H3,(H,19,23)(H,21,22)(H2,18,20,24). The summed E-state index contributed by atoms with van der Waals surface area (Å²) >= 11 is 0. The zero-order chi connectivity index (χ0) is 17.6. The average Bonchev–Trinajstić information content (AvgIpc) is 3.03. The van der Waals surface area contributed by atoms with Gasteiger partial charge in [-0.15, -0.1) is 0 Å². The van der Waals surface area contributed by atoms with E-state index in [0.717, 1.165) is 18.4 Å². The van der Waals surface area contributed by atoms with Crippen molar-refractivity contribution < 1.29 is 19.5 Å². The number of carbonyl (C=O) groups is 3. The summed E-state index contributed by atoms with van der Waals surface area (Å²) in [5.41, 5.74) is -0.0816. The van der Waals surface area contributed by atoms with Crippen molar-refractivity contribution in [3.05, 3.63) is 35.9 Å². The van der Waals surface area contributed by atoms with Gasteiger partial charge in [0, 0.05) is 6.54 Å². The molecule has 1 unspecified atom stereocenters. The second kappa shape index (κ2) is 7.81. The summed E-state index contributed by atoms with van der Waals surface area (Å²) in [6, 6.07) is 8.02. The highest BCUT2D eigenvalue weighted by Gasteiger charge is 2.43. The van der Waals surface area contributed by atoms with E-state index in [9.17, 15) is 14.4 Å². The minimum Gasteiger partial charge on any atom is -0.480 e. The first-order chi connectivity index (χ1) is 11.4. The molecule has 7 heteroatoms. The van der Waals surface area contributed by atoms with Crippen LogP contribution in [-0.4, -0.2) is 34.6 Å². The molecule has 0 saturated heterocycles. The minimum absolute atomic E-state index is 0.357. The Labute approximate surface area is 140 Å². The summed E-state index contributed by atoms with van der Waals surface area (Å²) in [6.07, 6.45) is 2.63. The van der Waals surface area contributed by atoms with Crippen LogP contribution in [0.2, 0.25) is 0 Å². The smallest absolute Gasteiger partial charge is 0.325 e. The van der Waals surface area contributed by atoms with E-state index >= 15 is 0 Å². The Hall–Kier alpha value is -2.57. The van der Waals surface area contributed by atoms with Crippen molar-refractivity contribution in [1.29, 1.82) is 0 Å². The minimum atomic E-state index is -1.11. The fraction of sp³-hybridized carbons (Fsp3) is 0.471. The maximum atomic E-state index is 12.5. The van der Waals surface area contributed by atoms with E-state index in [2.05, 4.69) is 16.0 Å². The van der Waals surface area contributed by atoms with Gasteiger partial charge >= 0.3 is 12.0 Å². The lowest BCUT2D eigenvalue weighted by atomic mass is 9.96. The zero-order valence-corrected chi connectivity index (χ0v) is 13.7. The van der Waals surface area contributed by atoms with E-state index in [0.29, 0.717) is 19.4 Å². The predicted molar refractivity (Wildman–Crippen MR) is 88.3 cm³/mol. The van der Waals surface area contributed by atoms with Crippen molar-refractivity contribution in [2.75, 3.05) is 0 Å². The number of carboxylic acids is 1. The highest BCUT2D eigenvalue weighted by atomic mass is 16.4. The Morgan fingerprint density at radius 1 is 1.17 bits per heavy atom. The number of amides is 3. The molecule has 1 fully saturated rings. The van der Waals surface area contributed by atoms with Gasteiger partial charge in [-0.3, -0.25) is 9.59 Å². The van der Waals surface area contributed by atoms with Gasteiger partial charge in [-0.25, -0.2) is 4.79 Å². The van der Waals surface area contributed by atoms with E-state index in [1.165, 1.54) is 6.92 Å². The van der Waals surface area contributed by atoms with Gasteiger partial charge in [0.1, 0.15) is 11.6 Å². The van der Waals surface area contributed by atoms with Crippen LogP contribution in [0.1, 0.15) is 38.2 Å². The molecule has 24 heavy (non-hydrogen) atoms. The number of nitrogens with one attached hydrogen (secondary N) is 3. The summed E-state index contributed by atoms with van der Waals surface area (Å²) in [5.74, 6) is -1.55. The molecule has 1 aliphatic rings. The summed E-state index contributed by atoms with van der Waals surface area (Å²) in [4.78, 5) is 35.6. The fourth-order valence-corrected chi connectivity index (χ4v) is 2.82. The van der Waals surface area contributed by atoms with Crippen LogP contribution in [0.5, 0.6) is 0 Å². The maximum Gasteiger partial charge on any atom is 0.325 e. The van der Waals surface area contributed by atoms with E-state index in [4.69, 9.17) is 5.11 Å². The van der Waals surface area contributed by atoms with Crippen LogP contribution in [0.25, 0.3) is 0 Å². The molecule has 0 heterocycles. The number of carboxylic acid groups (broad SMARTS) is 1. The van der Waals surface area contributed by atoms with Gasteiger partial charge in [-0.05, 0) is 25.3 Å². The number of aliphatic carboxylic acids is 1. The lowest BCUT2D eigenvalue weighted by molar-refractivity contribution is -0.142. The molecule has 3 amide bonds. The molecule has 0 radical (unpaired) electrons. The Kier molecular flexibility index (Phi) is 5.78. The molecular formula is C17H23N3O4. The van der Waals surface area contributed by atoms with Gasteiger partial charge in [0.25, 0.3) is 0 Å². The number of carbonyl (C=O) groups excluding carboxylic acids is 2. The van der Waals surface area contributed by atoms with Crippen LogP contribution < -0.4 is 16.0 Å². The Morgan fingerprint density at radius 2 is 1.79 bits per heavy atom. The Balaban J connectivity index is 1.95. The van der Waals surface area contributed by atoms with Crippen molar-refractivity contribution in [2.45, 2.75) is 50.7 Å². The first kappa shape index (κ1) is 17.8. The van der Waals surface area contributed by atoms with Crippen molar-refractivity contribution in [3.8, 4) is 0 Å². The Bertz CT molecular complexity index is 597. The fourth-order valence-electron chi connectivity index (χ4n) is 2.82. The van der Waals surface area contributed by atoms with Gasteiger partial charge in [0.05, 0.1) is 0 Å². The van der Waals surface area contributed by atoms with Gasteiger partial charge < -0.3 is 21.1 Å². The van der Waals surface area contributed by atoms with E-state index in [1.807, 2.05) is 30.3 Å². The zero-order valence-electron chi connectivity index (χ0n) is 13.7. The molecule has 0 aromatic heterocycles. The molecule has 0 bridgehead atoms. The highest BCUT2D eigenvalue weighted by Crippen LogP contribution is 2.30. The van der Waals surface area contributed by atoms with Crippen LogP contribution >= 0.6 is 0 Å². The van der Waals surface area contributed by atoms with Gasteiger partial charge in [-0.1, -0.05) is 43.2 Å². The number of rotatable bonds is 6. The molecule has 1 atom stereocenters. The topological polar surface area (TPSA) is 108 Å². The quantitative estimate of drug-likeness (QED) is 0.631. The lowest BCUT2D eigenvalue weighted by Crippen LogP contribution is -2.61. The average molecular weight is 333 g/mol. The molecule has 0 aliphatic heterocycles. The maximum absolute atomic E-state index is 12.5. The number of urea groups is 1. The van der Waals surface area contributed by atoms with Crippen molar-refractivity contribution in [1.82, 2.24) is 16.0 Å². The Morgan fingerprint density at radius 3 is 2.38 bits per heavy atom. The van der Waals surface area contributed by atoms with E-state index < -0.39 is 29.5 Å². The third kappa shape index (κ3) is 4.47. The number of hydrogen-bond donors (Lipinski definition) is 4. The summed E-state index contributed by atoms with van der Waals surface area (Å²) in [5, 5.41) is 16.9. The molecule has 130 valence electrons. The monoisotopic (exact) mass is 333 g/mol. The first-order valence-corrected chi connectivity index (χ1v) is 8.07. The van der Waals surface area contributed by atoms with Gasteiger partial charge in [0.15, 0.2) is 0 Å². The van der Waals surface area contributed by atoms with Gasteiger partial charge in [0.2, 0.25) is 5.91 Å². The molecule has 1 aromatic rings. The second-order valence-electron chi connectivity index (χ2n) is 6.12. The summed E-state index contributed by atoms with van der Waals surface area (Å²) in [7, 11) is 0. The van der Waals surface area contributed by atoms with Crippen molar-refractivity contribution >= 4 is 17.9 Å². The molecule has 1 aromatic carbocycles. The van der Waals surface area contributed by atoms with E-state index in [1.54, 1.807) is 0 Å². The molecule has 1 aliphatic carbocycles. The lowest BCUT2D eigenvalue weighted by Gasteiger charge is -2.30. The third-order valence-electron chi connectivity index (χ3n) is 4.26. The highest BCUT2D eigenvalue weighted by molar-refractivity contribution is 5.93. The van der Waals surface area contributed by atoms with Crippen LogP contribution in [0.4, 0.5) is 4.79 Å². The van der Waals surface area contributed by atoms with Crippen molar-refractivity contribution in [2.24, 2.45) is 0 Å². The van der Waals surface area contributed by atoms with Crippen LogP contribution in [0.3, 0.4) is 0 Å². The normalized spacial score (nSPS) is 16.9. The molecular weight excluding hydrogens is 310 g/mol. The predicted octanol–water partition coefficient (Wildman–Crippen LogP) is 1.39. The summed E-state index contributed by atoms with van der Waals surface area (Å²) in [6.45, 7) is 1.76. The molecule has 2 rings (SSSR count). The molecule has 0 spiro atoms.